The predicted octanol–water partition coefficient (Wildman–Crippen LogP) is 5.85. The SMILES string of the molecule is C=C(c1ccc(C2CCC2)c(-c2n[nH]c(C)n2)c1)N1CCC(F)(c2ccc(C#N)cc2)CC1. The van der Waals surface area contributed by atoms with Gasteiger partial charge in [-0.05, 0) is 60.6 Å². The lowest BCUT2D eigenvalue weighted by molar-refractivity contribution is 0.0794. The van der Waals surface area contributed by atoms with Crippen molar-refractivity contribution >= 4 is 5.70 Å². The molecule has 0 spiro atoms. The number of H-pyrrole nitrogens is 1. The van der Waals surface area contributed by atoms with Gasteiger partial charge in [0.15, 0.2) is 5.82 Å². The first-order chi connectivity index (χ1) is 16.0. The first kappa shape index (κ1) is 21.4. The zero-order valence-electron chi connectivity index (χ0n) is 18.9. The molecule has 0 atom stereocenters. The summed E-state index contributed by atoms with van der Waals surface area (Å²) in [5.41, 5.74) is 4.14. The molecule has 5 nitrogen and oxygen atoms in total. The Labute approximate surface area is 194 Å². The Hall–Kier alpha value is -3.46. The van der Waals surface area contributed by atoms with Gasteiger partial charge in [0.25, 0.3) is 0 Å². The summed E-state index contributed by atoms with van der Waals surface area (Å²) in [6.45, 7) is 7.45. The Morgan fingerprint density at radius 3 is 2.48 bits per heavy atom. The van der Waals surface area contributed by atoms with E-state index in [0.717, 1.165) is 28.5 Å². The summed E-state index contributed by atoms with van der Waals surface area (Å²) in [5, 5.41) is 16.4. The number of alkyl halides is 1. The molecule has 1 aromatic heterocycles. The van der Waals surface area contributed by atoms with Gasteiger partial charge in [-0.15, -0.1) is 0 Å². The molecule has 1 aliphatic heterocycles. The minimum atomic E-state index is -1.37. The third-order valence-electron chi connectivity index (χ3n) is 7.24. The van der Waals surface area contributed by atoms with Crippen LogP contribution in [-0.2, 0) is 5.67 Å². The number of halogens is 1. The van der Waals surface area contributed by atoms with E-state index >= 15 is 4.39 Å². The maximum absolute atomic E-state index is 15.7. The maximum atomic E-state index is 15.7. The van der Waals surface area contributed by atoms with Crippen LogP contribution in [0.4, 0.5) is 4.39 Å². The fourth-order valence-electron chi connectivity index (χ4n) is 4.91. The van der Waals surface area contributed by atoms with Gasteiger partial charge in [-0.2, -0.15) is 10.4 Å². The summed E-state index contributed by atoms with van der Waals surface area (Å²) >= 11 is 0. The second-order valence-corrected chi connectivity index (χ2v) is 9.26. The van der Waals surface area contributed by atoms with Gasteiger partial charge in [0.05, 0.1) is 11.6 Å². The number of hydrogen-bond donors (Lipinski definition) is 1. The van der Waals surface area contributed by atoms with E-state index in [1.807, 2.05) is 6.92 Å². The van der Waals surface area contributed by atoms with E-state index < -0.39 is 5.67 Å². The zero-order chi connectivity index (χ0) is 23.0. The molecular weight excluding hydrogens is 413 g/mol. The van der Waals surface area contributed by atoms with Crippen LogP contribution >= 0.6 is 0 Å². The Morgan fingerprint density at radius 2 is 1.91 bits per heavy atom. The number of aromatic amines is 1. The number of likely N-dealkylation sites (tertiary alicyclic amines) is 1. The van der Waals surface area contributed by atoms with Gasteiger partial charge in [-0.1, -0.05) is 37.3 Å². The lowest BCUT2D eigenvalue weighted by Gasteiger charge is -2.39. The van der Waals surface area contributed by atoms with Crippen molar-refractivity contribution in [3.05, 3.63) is 77.1 Å². The fourth-order valence-corrected chi connectivity index (χ4v) is 4.91. The van der Waals surface area contributed by atoms with Crippen LogP contribution in [0.1, 0.15) is 66.1 Å². The molecule has 2 aliphatic rings. The van der Waals surface area contributed by atoms with E-state index in [-0.39, 0.29) is 0 Å². The van der Waals surface area contributed by atoms with Crippen molar-refractivity contribution in [1.29, 1.82) is 5.26 Å². The highest BCUT2D eigenvalue weighted by molar-refractivity contribution is 5.71. The average molecular weight is 442 g/mol. The second kappa shape index (κ2) is 8.47. The fraction of sp³-hybridized carbons (Fsp3) is 0.370. The van der Waals surface area contributed by atoms with E-state index in [2.05, 4.69) is 50.9 Å². The Kier molecular flexibility index (Phi) is 5.49. The monoisotopic (exact) mass is 441 g/mol. The van der Waals surface area contributed by atoms with Gasteiger partial charge >= 0.3 is 0 Å². The first-order valence-corrected chi connectivity index (χ1v) is 11.6. The van der Waals surface area contributed by atoms with Crippen molar-refractivity contribution in [3.63, 3.8) is 0 Å². The maximum Gasteiger partial charge on any atom is 0.181 e. The number of aromatic nitrogens is 3. The molecule has 33 heavy (non-hydrogen) atoms. The van der Waals surface area contributed by atoms with Crippen LogP contribution in [0, 0.1) is 18.3 Å². The number of nitrogens with one attached hydrogen (secondary N) is 1. The minimum absolute atomic E-state index is 0.394. The predicted molar refractivity (Wildman–Crippen MR) is 127 cm³/mol. The highest BCUT2D eigenvalue weighted by Gasteiger charge is 2.36. The summed E-state index contributed by atoms with van der Waals surface area (Å²) in [6.07, 6.45) is 4.47. The van der Waals surface area contributed by atoms with E-state index in [9.17, 15) is 0 Å². The zero-order valence-corrected chi connectivity index (χ0v) is 18.9. The highest BCUT2D eigenvalue weighted by atomic mass is 19.1. The number of hydrogen-bond acceptors (Lipinski definition) is 4. The van der Waals surface area contributed by atoms with E-state index in [4.69, 9.17) is 5.26 Å². The lowest BCUT2D eigenvalue weighted by atomic mass is 9.77. The third-order valence-corrected chi connectivity index (χ3v) is 7.24. The summed E-state index contributed by atoms with van der Waals surface area (Å²) in [4.78, 5) is 6.75. The molecule has 3 aromatic rings. The molecule has 0 amide bonds. The molecule has 0 radical (unpaired) electrons. The molecule has 2 aromatic carbocycles. The van der Waals surface area contributed by atoms with E-state index in [0.29, 0.717) is 43.0 Å². The van der Waals surface area contributed by atoms with Crippen molar-refractivity contribution < 1.29 is 4.39 Å². The van der Waals surface area contributed by atoms with Crippen LogP contribution in [0.25, 0.3) is 17.1 Å². The molecule has 6 heteroatoms. The average Bonchev–Trinajstić information content (AvgIpc) is 3.24. The molecule has 168 valence electrons. The smallest absolute Gasteiger partial charge is 0.181 e. The summed E-state index contributed by atoms with van der Waals surface area (Å²) < 4.78 is 15.7. The molecule has 1 aliphatic carbocycles. The van der Waals surface area contributed by atoms with E-state index in [1.165, 1.54) is 24.8 Å². The topological polar surface area (TPSA) is 68.6 Å². The molecule has 0 unspecified atom stereocenters. The minimum Gasteiger partial charge on any atom is -0.371 e. The Morgan fingerprint density at radius 1 is 1.18 bits per heavy atom. The standard InChI is InChI=1S/C27H28FN5/c1-18(33-14-12-27(28,13-15-33)23-9-6-20(17-29)7-10-23)22-8-11-24(21-4-3-5-21)25(16-22)26-30-19(2)31-32-26/h6-11,16,21H,1,3-5,12-15H2,2H3,(H,30,31,32). The first-order valence-electron chi connectivity index (χ1n) is 11.6. The van der Waals surface area contributed by atoms with Crippen LogP contribution in [0.15, 0.2) is 49.0 Å². The molecular formula is C27H28FN5. The van der Waals surface area contributed by atoms with Gasteiger partial charge in [0.1, 0.15) is 11.5 Å². The number of benzene rings is 2. The highest BCUT2D eigenvalue weighted by Crippen LogP contribution is 2.42. The van der Waals surface area contributed by atoms with Gasteiger partial charge in [-0.25, -0.2) is 9.37 Å². The number of piperidine rings is 1. The number of nitrogens with zero attached hydrogens (tertiary/aromatic N) is 4. The summed E-state index contributed by atoms with van der Waals surface area (Å²) in [6, 6.07) is 15.4. The lowest BCUT2D eigenvalue weighted by Crippen LogP contribution is -2.39. The van der Waals surface area contributed by atoms with Crippen molar-refractivity contribution in [2.75, 3.05) is 13.1 Å². The van der Waals surface area contributed by atoms with Crippen LogP contribution in [0.2, 0.25) is 0 Å². The largest absolute Gasteiger partial charge is 0.371 e. The van der Waals surface area contributed by atoms with Crippen molar-refractivity contribution in [1.82, 2.24) is 20.1 Å². The van der Waals surface area contributed by atoms with Gasteiger partial charge in [-0.3, -0.25) is 5.10 Å². The summed E-state index contributed by atoms with van der Waals surface area (Å²) in [5.74, 6) is 2.09. The normalized spacial score (nSPS) is 17.9. The van der Waals surface area contributed by atoms with Crippen molar-refractivity contribution in [2.24, 2.45) is 0 Å². The molecule has 5 rings (SSSR count). The number of rotatable bonds is 5. The van der Waals surface area contributed by atoms with Crippen LogP contribution < -0.4 is 0 Å². The Bertz CT molecular complexity index is 1210. The second-order valence-electron chi connectivity index (χ2n) is 9.26. The molecule has 0 bridgehead atoms. The molecule has 1 N–H and O–H groups in total. The molecule has 1 saturated carbocycles. The number of aryl methyl sites for hydroxylation is 1. The van der Waals surface area contributed by atoms with Crippen LogP contribution in [0.3, 0.4) is 0 Å². The van der Waals surface area contributed by atoms with Gasteiger partial charge in [0.2, 0.25) is 0 Å². The van der Waals surface area contributed by atoms with E-state index in [1.54, 1.807) is 24.3 Å². The van der Waals surface area contributed by atoms with Crippen molar-refractivity contribution in [3.8, 4) is 17.5 Å². The number of nitriles is 1. The Balaban J connectivity index is 1.35. The van der Waals surface area contributed by atoms with Crippen molar-refractivity contribution in [2.45, 2.75) is 50.6 Å². The molecule has 2 heterocycles. The van der Waals surface area contributed by atoms with Crippen LogP contribution in [-0.4, -0.2) is 33.2 Å². The van der Waals surface area contributed by atoms with Crippen LogP contribution in [0.5, 0.6) is 0 Å². The molecule has 2 fully saturated rings. The quantitative estimate of drug-likeness (QED) is 0.539. The third kappa shape index (κ3) is 4.04. The van der Waals surface area contributed by atoms with Gasteiger partial charge in [0, 0.05) is 37.2 Å². The van der Waals surface area contributed by atoms with Gasteiger partial charge < -0.3 is 4.90 Å². The summed E-state index contributed by atoms with van der Waals surface area (Å²) in [7, 11) is 0. The molecule has 1 saturated heterocycles.